The molecule has 76 valence electrons. The summed E-state index contributed by atoms with van der Waals surface area (Å²) >= 11 is 11.5. The third-order valence-electron chi connectivity index (χ3n) is 1.89. The Morgan fingerprint density at radius 3 is 2.36 bits per heavy atom. The summed E-state index contributed by atoms with van der Waals surface area (Å²) in [5, 5.41) is 9.75. The molecule has 2 nitrogen and oxygen atoms in total. The third kappa shape index (κ3) is 2.41. The number of hydrogen-bond donors (Lipinski definition) is 2. The maximum Gasteiger partial charge on any atom is 0.152 e. The predicted octanol–water partition coefficient (Wildman–Crippen LogP) is 3.27. The van der Waals surface area contributed by atoms with Crippen molar-refractivity contribution in [1.29, 1.82) is 0 Å². The van der Waals surface area contributed by atoms with Crippen LogP contribution in [0.2, 0.25) is 10.0 Å². The molecule has 0 aliphatic heterocycles. The van der Waals surface area contributed by atoms with Gasteiger partial charge >= 0.3 is 0 Å². The second kappa shape index (κ2) is 4.69. The molecule has 3 N–H and O–H groups in total. The Morgan fingerprint density at radius 1 is 1.43 bits per heavy atom. The fraction of sp³-hybridized carbons (Fsp3) is 0.200. The van der Waals surface area contributed by atoms with E-state index >= 15 is 0 Å². The maximum absolute atomic E-state index is 9.32. The van der Waals surface area contributed by atoms with Gasteiger partial charge in [-0.2, -0.15) is 0 Å². The lowest BCUT2D eigenvalue weighted by atomic mass is 10.0. The normalized spacial score (nSPS) is 12.5. The van der Waals surface area contributed by atoms with Gasteiger partial charge in [-0.05, 0) is 24.1 Å². The molecule has 1 aromatic carbocycles. The Hall–Kier alpha value is -0.700. The molecule has 0 saturated carbocycles. The lowest BCUT2D eigenvalue weighted by Gasteiger charge is -2.11. The molecular weight excluding hydrogens is 221 g/mol. The average molecular weight is 232 g/mol. The summed E-state index contributed by atoms with van der Waals surface area (Å²) in [6.07, 6.45) is 2.36. The van der Waals surface area contributed by atoms with Gasteiger partial charge in [0.1, 0.15) is 0 Å². The zero-order chi connectivity index (χ0) is 10.7. The van der Waals surface area contributed by atoms with Crippen molar-refractivity contribution in [2.75, 3.05) is 0 Å². The van der Waals surface area contributed by atoms with Crippen molar-refractivity contribution in [1.82, 2.24) is 0 Å². The minimum Gasteiger partial charge on any atom is -0.505 e. The second-order valence-corrected chi connectivity index (χ2v) is 3.78. The largest absolute Gasteiger partial charge is 0.505 e. The van der Waals surface area contributed by atoms with Gasteiger partial charge in [0.2, 0.25) is 0 Å². The Bertz CT molecular complexity index is 329. The van der Waals surface area contributed by atoms with Crippen LogP contribution in [0.1, 0.15) is 18.0 Å². The zero-order valence-electron chi connectivity index (χ0n) is 7.50. The monoisotopic (exact) mass is 231 g/mol. The van der Waals surface area contributed by atoms with E-state index < -0.39 is 0 Å². The van der Waals surface area contributed by atoms with Crippen molar-refractivity contribution >= 4 is 23.2 Å². The fourth-order valence-corrected chi connectivity index (χ4v) is 1.62. The number of halogens is 2. The summed E-state index contributed by atoms with van der Waals surface area (Å²) in [6, 6.07) is 3.02. The molecule has 0 fully saturated rings. The molecule has 0 aromatic heterocycles. The molecule has 0 aliphatic carbocycles. The third-order valence-corrected chi connectivity index (χ3v) is 2.46. The van der Waals surface area contributed by atoms with Gasteiger partial charge < -0.3 is 10.8 Å². The molecule has 14 heavy (non-hydrogen) atoms. The van der Waals surface area contributed by atoms with E-state index in [4.69, 9.17) is 28.9 Å². The first-order chi connectivity index (χ1) is 6.56. The van der Waals surface area contributed by atoms with Crippen LogP contribution in [0.25, 0.3) is 0 Å². The first kappa shape index (κ1) is 11.4. The molecule has 0 aliphatic rings. The van der Waals surface area contributed by atoms with Crippen molar-refractivity contribution in [2.24, 2.45) is 5.73 Å². The van der Waals surface area contributed by atoms with Crippen molar-refractivity contribution < 1.29 is 5.11 Å². The van der Waals surface area contributed by atoms with Crippen LogP contribution in [0.5, 0.6) is 5.75 Å². The minimum absolute atomic E-state index is 0.108. The molecule has 4 heteroatoms. The fourth-order valence-electron chi connectivity index (χ4n) is 1.11. The Balaban J connectivity index is 3.05. The molecular formula is C10H11Cl2NO. The number of benzene rings is 1. The highest BCUT2D eigenvalue weighted by Crippen LogP contribution is 2.34. The quantitative estimate of drug-likeness (QED) is 0.785. The van der Waals surface area contributed by atoms with E-state index in [0.717, 1.165) is 5.56 Å². The number of phenolic OH excluding ortho intramolecular Hbond substituents is 1. The first-order valence-corrected chi connectivity index (χ1v) is 4.86. The molecule has 0 heterocycles. The number of rotatable bonds is 3. The standard InChI is InChI=1S/C10H11Cl2NO/c1-2-3-9(13)6-4-7(11)10(14)8(12)5-6/h2,4-5,9,14H,1,3,13H2. The van der Waals surface area contributed by atoms with Gasteiger partial charge in [0.25, 0.3) is 0 Å². The summed E-state index contributed by atoms with van der Waals surface area (Å²) in [7, 11) is 0. The summed E-state index contributed by atoms with van der Waals surface area (Å²) in [4.78, 5) is 0. The smallest absolute Gasteiger partial charge is 0.152 e. The van der Waals surface area contributed by atoms with E-state index in [1.807, 2.05) is 0 Å². The van der Waals surface area contributed by atoms with E-state index in [-0.39, 0.29) is 21.8 Å². The van der Waals surface area contributed by atoms with Gasteiger partial charge in [0.05, 0.1) is 10.0 Å². The highest BCUT2D eigenvalue weighted by atomic mass is 35.5. The lowest BCUT2D eigenvalue weighted by Crippen LogP contribution is -2.08. The Morgan fingerprint density at radius 2 is 1.93 bits per heavy atom. The molecule has 0 radical (unpaired) electrons. The highest BCUT2D eigenvalue weighted by Gasteiger charge is 2.10. The van der Waals surface area contributed by atoms with Crippen molar-refractivity contribution in [2.45, 2.75) is 12.5 Å². The van der Waals surface area contributed by atoms with Crippen LogP contribution >= 0.6 is 23.2 Å². The number of phenols is 1. The van der Waals surface area contributed by atoms with Crippen molar-refractivity contribution in [3.8, 4) is 5.75 Å². The molecule has 1 atom stereocenters. The van der Waals surface area contributed by atoms with E-state index in [2.05, 4.69) is 6.58 Å². The van der Waals surface area contributed by atoms with E-state index in [9.17, 15) is 5.11 Å². The number of aromatic hydroxyl groups is 1. The molecule has 0 spiro atoms. The Kier molecular flexibility index (Phi) is 3.81. The lowest BCUT2D eigenvalue weighted by molar-refractivity contribution is 0.475. The van der Waals surface area contributed by atoms with Crippen LogP contribution in [0, 0.1) is 0 Å². The summed E-state index contributed by atoms with van der Waals surface area (Å²) in [5.74, 6) is -0.108. The van der Waals surface area contributed by atoms with E-state index in [1.165, 1.54) is 0 Å². The summed E-state index contributed by atoms with van der Waals surface area (Å²) < 4.78 is 0. The van der Waals surface area contributed by atoms with E-state index in [0.29, 0.717) is 6.42 Å². The Labute approximate surface area is 92.9 Å². The van der Waals surface area contributed by atoms with Gasteiger partial charge in [-0.25, -0.2) is 0 Å². The van der Waals surface area contributed by atoms with Gasteiger partial charge in [-0.15, -0.1) is 6.58 Å². The van der Waals surface area contributed by atoms with Crippen LogP contribution in [-0.4, -0.2) is 5.11 Å². The first-order valence-electron chi connectivity index (χ1n) is 4.10. The molecule has 1 aromatic rings. The summed E-state index contributed by atoms with van der Waals surface area (Å²) in [5.41, 5.74) is 6.61. The van der Waals surface area contributed by atoms with Crippen LogP contribution in [-0.2, 0) is 0 Å². The van der Waals surface area contributed by atoms with Crippen molar-refractivity contribution in [3.05, 3.63) is 40.4 Å². The molecule has 1 unspecified atom stereocenters. The molecule has 1 rings (SSSR count). The van der Waals surface area contributed by atoms with Crippen LogP contribution in [0.15, 0.2) is 24.8 Å². The van der Waals surface area contributed by atoms with Gasteiger partial charge in [0.15, 0.2) is 5.75 Å². The van der Waals surface area contributed by atoms with Gasteiger partial charge in [0, 0.05) is 6.04 Å². The highest BCUT2D eigenvalue weighted by molar-refractivity contribution is 6.37. The number of hydrogen-bond acceptors (Lipinski definition) is 2. The molecule has 0 saturated heterocycles. The molecule has 0 bridgehead atoms. The van der Waals surface area contributed by atoms with Crippen LogP contribution in [0.3, 0.4) is 0 Å². The minimum atomic E-state index is -0.192. The zero-order valence-corrected chi connectivity index (χ0v) is 9.02. The predicted molar refractivity (Wildman–Crippen MR) is 59.9 cm³/mol. The van der Waals surface area contributed by atoms with E-state index in [1.54, 1.807) is 18.2 Å². The molecule has 0 amide bonds. The van der Waals surface area contributed by atoms with Gasteiger partial charge in [-0.3, -0.25) is 0 Å². The summed E-state index contributed by atoms with van der Waals surface area (Å²) in [6.45, 7) is 3.59. The van der Waals surface area contributed by atoms with Gasteiger partial charge in [-0.1, -0.05) is 29.3 Å². The van der Waals surface area contributed by atoms with Crippen LogP contribution in [0.4, 0.5) is 0 Å². The topological polar surface area (TPSA) is 46.2 Å². The average Bonchev–Trinajstić information content (AvgIpc) is 2.13. The number of nitrogens with two attached hydrogens (primary N) is 1. The van der Waals surface area contributed by atoms with Crippen molar-refractivity contribution in [3.63, 3.8) is 0 Å². The maximum atomic E-state index is 9.32. The second-order valence-electron chi connectivity index (χ2n) is 2.96. The van der Waals surface area contributed by atoms with Crippen LogP contribution < -0.4 is 5.73 Å². The SMILES string of the molecule is C=CCC(N)c1cc(Cl)c(O)c(Cl)c1.